The van der Waals surface area contributed by atoms with Crippen molar-refractivity contribution in [1.29, 1.82) is 0 Å². The summed E-state index contributed by atoms with van der Waals surface area (Å²) >= 11 is 0.955. The van der Waals surface area contributed by atoms with Gasteiger partial charge >= 0.3 is 0 Å². The topological polar surface area (TPSA) is 53.8 Å². The summed E-state index contributed by atoms with van der Waals surface area (Å²) in [6.45, 7) is 5.95. The van der Waals surface area contributed by atoms with E-state index in [9.17, 15) is 9.59 Å². The van der Waals surface area contributed by atoms with Gasteiger partial charge in [0.2, 0.25) is 0 Å². The fourth-order valence-corrected chi connectivity index (χ4v) is 2.56. The second-order valence-electron chi connectivity index (χ2n) is 4.07. The van der Waals surface area contributed by atoms with Crippen molar-refractivity contribution in [2.45, 2.75) is 13.8 Å². The Morgan fingerprint density at radius 1 is 1.37 bits per heavy atom. The van der Waals surface area contributed by atoms with Crippen molar-refractivity contribution in [3.05, 3.63) is 29.1 Å². The van der Waals surface area contributed by atoms with E-state index in [2.05, 4.69) is 0 Å². The number of thioether (sulfide) groups is 1. The molecule has 6 heteroatoms. The van der Waals surface area contributed by atoms with Crippen LogP contribution in [0.25, 0.3) is 6.08 Å². The Kier molecular flexibility index (Phi) is 4.44. The van der Waals surface area contributed by atoms with Gasteiger partial charge in [0.1, 0.15) is 5.76 Å². The molecular formula is C13H16N2O3S. The highest BCUT2D eigenvalue weighted by Crippen LogP contribution is 2.32. The molecule has 1 aromatic rings. The van der Waals surface area contributed by atoms with Gasteiger partial charge in [-0.15, -0.1) is 0 Å². The average molecular weight is 280 g/mol. The molecule has 2 amide bonds. The number of furan rings is 1. The van der Waals surface area contributed by atoms with Gasteiger partial charge in [-0.3, -0.25) is 19.4 Å². The Morgan fingerprint density at radius 3 is 2.68 bits per heavy atom. The predicted molar refractivity (Wildman–Crippen MR) is 74.3 cm³/mol. The summed E-state index contributed by atoms with van der Waals surface area (Å²) < 4.78 is 5.16. The zero-order valence-electron chi connectivity index (χ0n) is 11.0. The van der Waals surface area contributed by atoms with Crippen LogP contribution in [0.4, 0.5) is 4.79 Å². The van der Waals surface area contributed by atoms with E-state index in [1.54, 1.807) is 18.2 Å². The number of carbonyl (C=O) groups is 2. The summed E-state index contributed by atoms with van der Waals surface area (Å²) in [5.41, 5.74) is 0. The third-order valence-electron chi connectivity index (χ3n) is 2.93. The number of imide groups is 1. The minimum atomic E-state index is -0.252. The van der Waals surface area contributed by atoms with Gasteiger partial charge in [-0.05, 0) is 37.0 Å². The third kappa shape index (κ3) is 3.08. The molecule has 2 heterocycles. The Morgan fingerprint density at radius 2 is 2.11 bits per heavy atom. The van der Waals surface area contributed by atoms with Crippen LogP contribution in [-0.4, -0.2) is 40.7 Å². The van der Waals surface area contributed by atoms with Gasteiger partial charge in [0, 0.05) is 6.08 Å². The van der Waals surface area contributed by atoms with E-state index in [0.717, 1.165) is 24.9 Å². The summed E-state index contributed by atoms with van der Waals surface area (Å²) in [6, 6.07) is 3.49. The summed E-state index contributed by atoms with van der Waals surface area (Å²) in [4.78, 5) is 27.7. The molecule has 102 valence electrons. The van der Waals surface area contributed by atoms with Crippen molar-refractivity contribution in [3.63, 3.8) is 0 Å². The van der Waals surface area contributed by atoms with E-state index in [1.807, 2.05) is 18.7 Å². The van der Waals surface area contributed by atoms with E-state index in [4.69, 9.17) is 4.42 Å². The summed E-state index contributed by atoms with van der Waals surface area (Å²) in [7, 11) is 0. The minimum Gasteiger partial charge on any atom is -0.465 e. The first-order valence-corrected chi connectivity index (χ1v) is 6.98. The van der Waals surface area contributed by atoms with E-state index >= 15 is 0 Å². The van der Waals surface area contributed by atoms with Crippen LogP contribution in [0.2, 0.25) is 0 Å². The minimum absolute atomic E-state index is 0.227. The third-order valence-corrected chi connectivity index (χ3v) is 3.83. The zero-order chi connectivity index (χ0) is 13.8. The number of hydrogen-bond donors (Lipinski definition) is 0. The molecule has 0 bridgehead atoms. The molecule has 0 aliphatic carbocycles. The van der Waals surface area contributed by atoms with Crippen LogP contribution in [0.3, 0.4) is 0 Å². The average Bonchev–Trinajstić information content (AvgIpc) is 2.99. The highest BCUT2D eigenvalue weighted by atomic mass is 32.2. The predicted octanol–water partition coefficient (Wildman–Crippen LogP) is 2.62. The second-order valence-corrected chi connectivity index (χ2v) is 5.06. The fourth-order valence-electron chi connectivity index (χ4n) is 1.75. The fraction of sp³-hybridized carbons (Fsp3) is 0.385. The zero-order valence-corrected chi connectivity index (χ0v) is 11.8. The molecular weight excluding hydrogens is 264 g/mol. The van der Waals surface area contributed by atoms with Crippen LogP contribution in [0.1, 0.15) is 19.6 Å². The lowest BCUT2D eigenvalue weighted by Gasteiger charge is -2.23. The van der Waals surface area contributed by atoms with Gasteiger partial charge < -0.3 is 4.42 Å². The normalized spacial score (nSPS) is 18.1. The molecule has 1 aliphatic rings. The molecule has 1 saturated heterocycles. The lowest BCUT2D eigenvalue weighted by atomic mass is 10.3. The monoisotopic (exact) mass is 280 g/mol. The molecule has 5 nitrogen and oxygen atoms in total. The Balaban J connectivity index is 2.12. The number of rotatable bonds is 5. The van der Waals surface area contributed by atoms with E-state index < -0.39 is 0 Å². The number of hydrogen-bond acceptors (Lipinski definition) is 5. The van der Waals surface area contributed by atoms with Crippen molar-refractivity contribution in [3.8, 4) is 0 Å². The Labute approximate surface area is 116 Å². The van der Waals surface area contributed by atoms with Gasteiger partial charge in [0.25, 0.3) is 11.1 Å². The van der Waals surface area contributed by atoms with Crippen LogP contribution in [0.5, 0.6) is 0 Å². The van der Waals surface area contributed by atoms with Crippen LogP contribution < -0.4 is 0 Å². The molecule has 1 fully saturated rings. The molecule has 0 radical (unpaired) electrons. The van der Waals surface area contributed by atoms with Crippen molar-refractivity contribution in [2.24, 2.45) is 0 Å². The molecule has 0 aromatic carbocycles. The Bertz CT molecular complexity index is 492. The maximum absolute atomic E-state index is 12.2. The van der Waals surface area contributed by atoms with Gasteiger partial charge in [0.15, 0.2) is 0 Å². The highest BCUT2D eigenvalue weighted by Gasteiger charge is 2.35. The van der Waals surface area contributed by atoms with E-state index in [0.29, 0.717) is 17.3 Å². The summed E-state index contributed by atoms with van der Waals surface area (Å²) in [6.07, 6.45) is 3.14. The lowest BCUT2D eigenvalue weighted by Crippen LogP contribution is -2.40. The molecule has 0 atom stereocenters. The maximum Gasteiger partial charge on any atom is 0.294 e. The molecule has 0 N–H and O–H groups in total. The van der Waals surface area contributed by atoms with E-state index in [-0.39, 0.29) is 11.1 Å². The Hall–Kier alpha value is -1.53. The van der Waals surface area contributed by atoms with Gasteiger partial charge in [-0.25, -0.2) is 0 Å². The van der Waals surface area contributed by atoms with Crippen molar-refractivity contribution in [1.82, 2.24) is 9.80 Å². The van der Waals surface area contributed by atoms with Crippen molar-refractivity contribution >= 4 is 29.0 Å². The quantitative estimate of drug-likeness (QED) is 0.776. The highest BCUT2D eigenvalue weighted by molar-refractivity contribution is 8.18. The molecule has 2 rings (SSSR count). The van der Waals surface area contributed by atoms with E-state index in [1.165, 1.54) is 11.2 Å². The summed E-state index contributed by atoms with van der Waals surface area (Å²) in [5, 5.41) is -0.227. The van der Waals surface area contributed by atoms with Gasteiger partial charge in [-0.1, -0.05) is 13.8 Å². The van der Waals surface area contributed by atoms with Gasteiger partial charge in [-0.2, -0.15) is 0 Å². The molecule has 1 aliphatic heterocycles. The van der Waals surface area contributed by atoms with Crippen LogP contribution in [0, 0.1) is 0 Å². The number of amides is 2. The standard InChI is InChI=1S/C13H16N2O3S/c1-3-14(4-2)9-15-12(16)11(19-13(15)17)8-10-6-5-7-18-10/h5-8H,3-4,9H2,1-2H3. The first-order valence-electron chi connectivity index (χ1n) is 6.17. The van der Waals surface area contributed by atoms with Gasteiger partial charge in [0.05, 0.1) is 17.8 Å². The largest absolute Gasteiger partial charge is 0.465 e. The molecule has 1 aromatic heterocycles. The SMILES string of the molecule is CCN(CC)CN1C(=O)SC(=Cc2ccco2)C1=O. The van der Waals surface area contributed by atoms with Crippen LogP contribution in [-0.2, 0) is 4.79 Å². The van der Waals surface area contributed by atoms with Crippen LogP contribution >= 0.6 is 11.8 Å². The lowest BCUT2D eigenvalue weighted by molar-refractivity contribution is -0.124. The van der Waals surface area contributed by atoms with Crippen molar-refractivity contribution < 1.29 is 14.0 Å². The van der Waals surface area contributed by atoms with Crippen molar-refractivity contribution in [2.75, 3.05) is 19.8 Å². The summed E-state index contributed by atoms with van der Waals surface area (Å²) in [5.74, 6) is 0.326. The molecule has 0 saturated carbocycles. The molecule has 19 heavy (non-hydrogen) atoms. The molecule has 0 spiro atoms. The number of nitrogens with zero attached hydrogens (tertiary/aromatic N) is 2. The number of carbonyl (C=O) groups excluding carboxylic acids is 2. The second kappa shape index (κ2) is 6.08. The van der Waals surface area contributed by atoms with Crippen LogP contribution in [0.15, 0.2) is 27.7 Å². The first kappa shape index (κ1) is 13.9. The first-order chi connectivity index (χ1) is 9.15. The molecule has 0 unspecified atom stereocenters. The smallest absolute Gasteiger partial charge is 0.294 e. The maximum atomic E-state index is 12.2.